The highest BCUT2D eigenvalue weighted by Crippen LogP contribution is 2.34. The molecule has 1 aromatic heterocycles. The summed E-state index contributed by atoms with van der Waals surface area (Å²) >= 11 is 0. The van der Waals surface area contributed by atoms with Crippen LogP contribution in [-0.4, -0.2) is 13.7 Å². The van der Waals surface area contributed by atoms with Gasteiger partial charge in [0.05, 0.1) is 13.7 Å². The van der Waals surface area contributed by atoms with Crippen LogP contribution in [0.4, 0.5) is 0 Å². The van der Waals surface area contributed by atoms with E-state index in [0.717, 1.165) is 17.4 Å². The van der Waals surface area contributed by atoms with E-state index in [1.807, 2.05) is 13.0 Å². The summed E-state index contributed by atoms with van der Waals surface area (Å²) in [4.78, 5) is 11.3. The first-order chi connectivity index (χ1) is 9.11. The molecule has 0 aliphatic rings. The molecule has 4 heteroatoms. The van der Waals surface area contributed by atoms with Crippen molar-refractivity contribution in [2.45, 2.75) is 13.3 Å². The standard InChI is InChI=1S/C15H16O4/c1-10(2)8-9-18-12-6-4-11-5-7-13(16)19-14(11)15(12)17-3/h4-7H,1,8-9H2,2-3H3. The summed E-state index contributed by atoms with van der Waals surface area (Å²) in [7, 11) is 1.52. The zero-order chi connectivity index (χ0) is 13.8. The van der Waals surface area contributed by atoms with Gasteiger partial charge in [-0.3, -0.25) is 0 Å². The molecule has 2 aromatic rings. The third-order valence-electron chi connectivity index (χ3n) is 2.70. The summed E-state index contributed by atoms with van der Waals surface area (Å²) in [5, 5.41) is 0.795. The lowest BCUT2D eigenvalue weighted by atomic mass is 10.2. The summed E-state index contributed by atoms with van der Waals surface area (Å²) < 4.78 is 16.1. The normalized spacial score (nSPS) is 10.4. The summed E-state index contributed by atoms with van der Waals surface area (Å²) in [5.41, 5.74) is 1.04. The van der Waals surface area contributed by atoms with Crippen molar-refractivity contribution in [3.8, 4) is 11.5 Å². The van der Waals surface area contributed by atoms with Crippen LogP contribution >= 0.6 is 0 Å². The molecule has 19 heavy (non-hydrogen) atoms. The van der Waals surface area contributed by atoms with Gasteiger partial charge in [-0.25, -0.2) is 4.79 Å². The highest BCUT2D eigenvalue weighted by atomic mass is 16.5. The summed E-state index contributed by atoms with van der Waals surface area (Å²) in [6.07, 6.45) is 0.764. The Morgan fingerprint density at radius 3 is 2.74 bits per heavy atom. The van der Waals surface area contributed by atoms with Crippen molar-refractivity contribution < 1.29 is 13.9 Å². The van der Waals surface area contributed by atoms with Crippen molar-refractivity contribution >= 4 is 11.0 Å². The number of hydrogen-bond acceptors (Lipinski definition) is 4. The molecule has 0 amide bonds. The predicted octanol–water partition coefficient (Wildman–Crippen LogP) is 3.15. The van der Waals surface area contributed by atoms with Gasteiger partial charge >= 0.3 is 5.63 Å². The average molecular weight is 260 g/mol. The van der Waals surface area contributed by atoms with Crippen molar-refractivity contribution in [2.75, 3.05) is 13.7 Å². The second kappa shape index (κ2) is 5.61. The predicted molar refractivity (Wildman–Crippen MR) is 74.0 cm³/mol. The summed E-state index contributed by atoms with van der Waals surface area (Å²) in [6.45, 7) is 6.27. The second-order valence-corrected chi connectivity index (χ2v) is 4.33. The van der Waals surface area contributed by atoms with Crippen molar-refractivity contribution in [1.29, 1.82) is 0 Å². The molecular formula is C15H16O4. The molecule has 0 aliphatic heterocycles. The van der Waals surface area contributed by atoms with E-state index >= 15 is 0 Å². The number of ether oxygens (including phenoxy) is 2. The highest BCUT2D eigenvalue weighted by Gasteiger charge is 2.12. The zero-order valence-electron chi connectivity index (χ0n) is 11.1. The minimum absolute atomic E-state index is 0.405. The van der Waals surface area contributed by atoms with Crippen LogP contribution < -0.4 is 15.1 Å². The fourth-order valence-corrected chi connectivity index (χ4v) is 1.73. The molecule has 1 heterocycles. The largest absolute Gasteiger partial charge is 0.490 e. The highest BCUT2D eigenvalue weighted by molar-refractivity contribution is 5.85. The van der Waals surface area contributed by atoms with Crippen LogP contribution in [-0.2, 0) is 0 Å². The first-order valence-corrected chi connectivity index (χ1v) is 6.00. The molecule has 0 saturated carbocycles. The van der Waals surface area contributed by atoms with Crippen LogP contribution in [0.5, 0.6) is 11.5 Å². The SMILES string of the molecule is C=C(C)CCOc1ccc2ccc(=O)oc2c1OC. The molecule has 0 unspecified atom stereocenters. The van der Waals surface area contributed by atoms with Crippen molar-refractivity contribution in [1.82, 2.24) is 0 Å². The van der Waals surface area contributed by atoms with Crippen molar-refractivity contribution in [3.05, 3.63) is 46.8 Å². The quantitative estimate of drug-likeness (QED) is 0.612. The number of methoxy groups -OCH3 is 1. The lowest BCUT2D eigenvalue weighted by Crippen LogP contribution is -2.01. The zero-order valence-corrected chi connectivity index (χ0v) is 11.1. The fraction of sp³-hybridized carbons (Fsp3) is 0.267. The number of hydrogen-bond donors (Lipinski definition) is 0. The van der Waals surface area contributed by atoms with Gasteiger partial charge in [0.15, 0.2) is 11.3 Å². The van der Waals surface area contributed by atoms with E-state index in [1.54, 1.807) is 12.1 Å². The Hall–Kier alpha value is -2.23. The first-order valence-electron chi connectivity index (χ1n) is 6.00. The van der Waals surface area contributed by atoms with Gasteiger partial charge in [-0.1, -0.05) is 5.57 Å². The Bertz CT molecular complexity index is 655. The molecule has 0 bridgehead atoms. The maximum Gasteiger partial charge on any atom is 0.336 e. The van der Waals surface area contributed by atoms with Gasteiger partial charge in [0.1, 0.15) is 0 Å². The fourth-order valence-electron chi connectivity index (χ4n) is 1.73. The Kier molecular flexibility index (Phi) is 3.90. The second-order valence-electron chi connectivity index (χ2n) is 4.33. The van der Waals surface area contributed by atoms with Crippen LogP contribution in [0.15, 0.2) is 45.6 Å². The van der Waals surface area contributed by atoms with E-state index < -0.39 is 5.63 Å². The number of fused-ring (bicyclic) bond motifs is 1. The smallest absolute Gasteiger partial charge is 0.336 e. The van der Waals surface area contributed by atoms with E-state index in [-0.39, 0.29) is 0 Å². The van der Waals surface area contributed by atoms with Crippen LogP contribution in [0.25, 0.3) is 11.0 Å². The van der Waals surface area contributed by atoms with Crippen LogP contribution in [0.2, 0.25) is 0 Å². The Labute approximate surface area is 111 Å². The molecule has 0 radical (unpaired) electrons. The lowest BCUT2D eigenvalue weighted by molar-refractivity contribution is 0.297. The molecule has 2 rings (SSSR count). The van der Waals surface area contributed by atoms with Gasteiger partial charge in [-0.15, -0.1) is 6.58 Å². The van der Waals surface area contributed by atoms with Crippen LogP contribution in [0, 0.1) is 0 Å². The molecule has 0 aliphatic carbocycles. The third kappa shape index (κ3) is 2.96. The topological polar surface area (TPSA) is 48.7 Å². The molecule has 4 nitrogen and oxygen atoms in total. The van der Waals surface area contributed by atoms with Gasteiger partial charge in [0.2, 0.25) is 5.75 Å². The number of rotatable bonds is 5. The van der Waals surface area contributed by atoms with Gasteiger partial charge < -0.3 is 13.9 Å². The molecule has 0 atom stereocenters. The molecule has 0 N–H and O–H groups in total. The minimum Gasteiger partial charge on any atom is -0.490 e. The maximum absolute atomic E-state index is 11.3. The van der Waals surface area contributed by atoms with Crippen molar-refractivity contribution in [2.24, 2.45) is 0 Å². The first kappa shape index (κ1) is 13.2. The summed E-state index contributed by atoms with van der Waals surface area (Å²) in [6, 6.07) is 6.71. The summed E-state index contributed by atoms with van der Waals surface area (Å²) in [5.74, 6) is 1.00. The van der Waals surface area contributed by atoms with Crippen LogP contribution in [0.1, 0.15) is 13.3 Å². The van der Waals surface area contributed by atoms with Gasteiger partial charge in [-0.05, 0) is 25.1 Å². The van der Waals surface area contributed by atoms with E-state index in [1.165, 1.54) is 13.2 Å². The van der Waals surface area contributed by atoms with E-state index in [0.29, 0.717) is 23.7 Å². The monoisotopic (exact) mass is 260 g/mol. The minimum atomic E-state index is -0.412. The Morgan fingerprint density at radius 1 is 1.32 bits per heavy atom. The lowest BCUT2D eigenvalue weighted by Gasteiger charge is -2.11. The average Bonchev–Trinajstić information content (AvgIpc) is 2.37. The van der Waals surface area contributed by atoms with Gasteiger partial charge in [0, 0.05) is 17.9 Å². The van der Waals surface area contributed by atoms with E-state index in [4.69, 9.17) is 13.9 Å². The third-order valence-corrected chi connectivity index (χ3v) is 2.70. The Morgan fingerprint density at radius 2 is 2.05 bits per heavy atom. The molecule has 0 saturated heterocycles. The maximum atomic E-state index is 11.3. The molecule has 1 aromatic carbocycles. The molecular weight excluding hydrogens is 244 g/mol. The van der Waals surface area contributed by atoms with E-state index in [2.05, 4.69) is 6.58 Å². The number of benzene rings is 1. The van der Waals surface area contributed by atoms with Gasteiger partial charge in [-0.2, -0.15) is 0 Å². The Balaban J connectivity index is 2.38. The van der Waals surface area contributed by atoms with E-state index in [9.17, 15) is 4.79 Å². The molecule has 0 fully saturated rings. The van der Waals surface area contributed by atoms with Gasteiger partial charge in [0.25, 0.3) is 0 Å². The molecule has 0 spiro atoms. The molecule has 100 valence electrons. The van der Waals surface area contributed by atoms with Crippen LogP contribution in [0.3, 0.4) is 0 Å². The van der Waals surface area contributed by atoms with Crippen molar-refractivity contribution in [3.63, 3.8) is 0 Å².